The topological polar surface area (TPSA) is 92.8 Å². The van der Waals surface area contributed by atoms with Gasteiger partial charge in [0.1, 0.15) is 5.75 Å². The number of hydrogen-bond acceptors (Lipinski definition) is 5. The Morgan fingerprint density at radius 3 is 2.30 bits per heavy atom. The number of anilines is 2. The van der Waals surface area contributed by atoms with Crippen molar-refractivity contribution in [2.45, 2.75) is 31.3 Å². The molecule has 27 heavy (non-hydrogen) atoms. The third-order valence-corrected chi connectivity index (χ3v) is 6.67. The van der Waals surface area contributed by atoms with Gasteiger partial charge in [-0.05, 0) is 62.2 Å². The Kier molecular flexibility index (Phi) is 5.09. The summed E-state index contributed by atoms with van der Waals surface area (Å²) in [6.45, 7) is 4.14. The van der Waals surface area contributed by atoms with Crippen LogP contribution in [0.3, 0.4) is 0 Å². The number of ether oxygens (including phenoxy) is 1. The summed E-state index contributed by atoms with van der Waals surface area (Å²) >= 11 is 0. The van der Waals surface area contributed by atoms with Gasteiger partial charge >= 0.3 is 0 Å². The van der Waals surface area contributed by atoms with Crippen LogP contribution in [0.1, 0.15) is 19.4 Å². The van der Waals surface area contributed by atoms with Gasteiger partial charge in [0.05, 0.1) is 28.6 Å². The zero-order valence-corrected chi connectivity index (χ0v) is 17.0. The van der Waals surface area contributed by atoms with Gasteiger partial charge in [0.25, 0.3) is 10.0 Å². The highest BCUT2D eigenvalue weighted by molar-refractivity contribution is 7.92. The molecule has 0 aliphatic carbocycles. The van der Waals surface area contributed by atoms with E-state index in [2.05, 4.69) is 4.72 Å². The molecule has 9 heteroatoms. The van der Waals surface area contributed by atoms with Crippen molar-refractivity contribution in [3.63, 3.8) is 0 Å². The number of fused-ring (bicyclic) bond motifs is 1. The molecule has 0 spiro atoms. The molecule has 1 aliphatic heterocycles. The lowest BCUT2D eigenvalue weighted by molar-refractivity contribution is 0.242. The highest BCUT2D eigenvalue weighted by Gasteiger charge is 2.27. The van der Waals surface area contributed by atoms with Crippen LogP contribution in [0.15, 0.2) is 47.4 Å². The van der Waals surface area contributed by atoms with E-state index < -0.39 is 20.0 Å². The van der Waals surface area contributed by atoms with Crippen LogP contribution in [-0.2, 0) is 26.5 Å². The number of nitrogens with zero attached hydrogens (tertiary/aromatic N) is 1. The minimum atomic E-state index is -3.80. The Balaban J connectivity index is 1.85. The predicted octanol–water partition coefficient (Wildman–Crippen LogP) is 2.60. The van der Waals surface area contributed by atoms with Crippen LogP contribution in [0.25, 0.3) is 0 Å². The van der Waals surface area contributed by atoms with E-state index in [0.717, 1.165) is 11.8 Å². The van der Waals surface area contributed by atoms with Gasteiger partial charge in [-0.15, -0.1) is 0 Å². The van der Waals surface area contributed by atoms with Crippen molar-refractivity contribution in [3.8, 4) is 5.75 Å². The van der Waals surface area contributed by atoms with Crippen molar-refractivity contribution in [1.82, 2.24) is 0 Å². The minimum Gasteiger partial charge on any atom is -0.491 e. The first-order valence-corrected chi connectivity index (χ1v) is 11.8. The lowest BCUT2D eigenvalue weighted by atomic mass is 10.1. The van der Waals surface area contributed by atoms with E-state index in [-0.39, 0.29) is 11.0 Å². The van der Waals surface area contributed by atoms with Crippen molar-refractivity contribution >= 4 is 31.4 Å². The molecule has 3 rings (SSSR count). The number of rotatable bonds is 6. The smallest absolute Gasteiger partial charge is 0.261 e. The van der Waals surface area contributed by atoms with E-state index in [9.17, 15) is 16.8 Å². The Morgan fingerprint density at radius 2 is 1.70 bits per heavy atom. The second-order valence-electron chi connectivity index (χ2n) is 6.67. The first-order valence-electron chi connectivity index (χ1n) is 8.46. The van der Waals surface area contributed by atoms with Crippen molar-refractivity contribution in [3.05, 3.63) is 48.0 Å². The molecule has 2 aromatic rings. The van der Waals surface area contributed by atoms with E-state index in [1.807, 2.05) is 13.8 Å². The van der Waals surface area contributed by atoms with Gasteiger partial charge in [0.2, 0.25) is 10.0 Å². The standard InChI is InChI=1S/C18H22N2O5S2/c1-13(2)25-16-6-8-17(9-7-16)27(23,24)19-15-5-4-14-10-11-20(18(14)12-15)26(3,21)22/h4-9,12-13,19H,10-11H2,1-3H3. The molecule has 1 aliphatic rings. The van der Waals surface area contributed by atoms with E-state index >= 15 is 0 Å². The molecule has 0 atom stereocenters. The van der Waals surface area contributed by atoms with E-state index in [4.69, 9.17) is 4.74 Å². The maximum Gasteiger partial charge on any atom is 0.261 e. The largest absolute Gasteiger partial charge is 0.491 e. The summed E-state index contributed by atoms with van der Waals surface area (Å²) in [7, 11) is -7.20. The molecular formula is C18H22N2O5S2. The predicted molar refractivity (Wildman–Crippen MR) is 105 cm³/mol. The summed E-state index contributed by atoms with van der Waals surface area (Å²) in [5.41, 5.74) is 1.70. The molecule has 0 saturated carbocycles. The molecule has 0 unspecified atom stereocenters. The third kappa shape index (κ3) is 4.36. The van der Waals surface area contributed by atoms with Crippen molar-refractivity contribution in [1.29, 1.82) is 0 Å². The number of sulfonamides is 2. The third-order valence-electron chi connectivity index (χ3n) is 4.10. The molecule has 0 bridgehead atoms. The Hall–Kier alpha value is -2.26. The lowest BCUT2D eigenvalue weighted by Crippen LogP contribution is -2.27. The summed E-state index contributed by atoms with van der Waals surface area (Å²) in [6, 6.07) is 11.1. The fourth-order valence-electron chi connectivity index (χ4n) is 2.94. The summed E-state index contributed by atoms with van der Waals surface area (Å²) in [4.78, 5) is 0.0964. The van der Waals surface area contributed by atoms with Gasteiger partial charge in [0, 0.05) is 6.54 Å². The van der Waals surface area contributed by atoms with Crippen molar-refractivity contribution in [2.75, 3.05) is 21.8 Å². The zero-order chi connectivity index (χ0) is 19.8. The van der Waals surface area contributed by atoms with Crippen LogP contribution in [-0.4, -0.2) is 35.7 Å². The minimum absolute atomic E-state index is 0.00483. The average molecular weight is 411 g/mol. The van der Waals surface area contributed by atoms with Crippen LogP contribution in [0.5, 0.6) is 5.75 Å². The van der Waals surface area contributed by atoms with Crippen LogP contribution < -0.4 is 13.8 Å². The molecule has 2 aromatic carbocycles. The van der Waals surface area contributed by atoms with Crippen LogP contribution in [0.4, 0.5) is 11.4 Å². The van der Waals surface area contributed by atoms with E-state index in [0.29, 0.717) is 30.1 Å². The molecule has 0 saturated heterocycles. The second-order valence-corrected chi connectivity index (χ2v) is 10.3. The lowest BCUT2D eigenvalue weighted by Gasteiger charge is -2.17. The highest BCUT2D eigenvalue weighted by Crippen LogP contribution is 2.33. The normalized spacial score (nSPS) is 14.3. The van der Waals surface area contributed by atoms with Gasteiger partial charge in [-0.3, -0.25) is 9.03 Å². The second kappa shape index (κ2) is 7.05. The van der Waals surface area contributed by atoms with Crippen molar-refractivity contribution in [2.24, 2.45) is 0 Å². The van der Waals surface area contributed by atoms with Crippen molar-refractivity contribution < 1.29 is 21.6 Å². The summed E-state index contributed by atoms with van der Waals surface area (Å²) in [6.07, 6.45) is 1.74. The monoisotopic (exact) mass is 410 g/mol. The first kappa shape index (κ1) is 19.5. The summed E-state index contributed by atoms with van der Waals surface area (Å²) < 4.78 is 58.4. The summed E-state index contributed by atoms with van der Waals surface area (Å²) in [5.74, 6) is 0.588. The van der Waals surface area contributed by atoms with Gasteiger partial charge in [-0.25, -0.2) is 16.8 Å². The zero-order valence-electron chi connectivity index (χ0n) is 15.3. The maximum atomic E-state index is 12.6. The van der Waals surface area contributed by atoms with Crippen LogP contribution in [0, 0.1) is 0 Å². The fraction of sp³-hybridized carbons (Fsp3) is 0.333. The summed E-state index contributed by atoms with van der Waals surface area (Å²) in [5, 5.41) is 0. The molecule has 0 fully saturated rings. The molecule has 1 N–H and O–H groups in total. The van der Waals surface area contributed by atoms with Crippen LogP contribution >= 0.6 is 0 Å². The fourth-order valence-corrected chi connectivity index (χ4v) is 4.94. The Morgan fingerprint density at radius 1 is 1.04 bits per heavy atom. The van der Waals surface area contributed by atoms with Gasteiger partial charge in [-0.1, -0.05) is 6.07 Å². The Bertz CT molecular complexity index is 1050. The van der Waals surface area contributed by atoms with Crippen LogP contribution in [0.2, 0.25) is 0 Å². The first-order chi connectivity index (χ1) is 12.6. The number of hydrogen-bond donors (Lipinski definition) is 1. The quantitative estimate of drug-likeness (QED) is 0.790. The molecule has 7 nitrogen and oxygen atoms in total. The number of nitrogens with one attached hydrogen (secondary N) is 1. The maximum absolute atomic E-state index is 12.6. The van der Waals surface area contributed by atoms with Gasteiger partial charge in [0.15, 0.2) is 0 Å². The average Bonchev–Trinajstić information content (AvgIpc) is 2.97. The Labute approximate surface area is 160 Å². The van der Waals surface area contributed by atoms with E-state index in [1.165, 1.54) is 16.4 Å². The molecule has 146 valence electrons. The molecule has 0 aromatic heterocycles. The van der Waals surface area contributed by atoms with E-state index in [1.54, 1.807) is 30.3 Å². The van der Waals surface area contributed by atoms with Gasteiger partial charge < -0.3 is 4.74 Å². The molecule has 0 radical (unpaired) electrons. The SMILES string of the molecule is CC(C)Oc1ccc(S(=O)(=O)Nc2ccc3c(c2)N(S(C)(=O)=O)CC3)cc1. The highest BCUT2D eigenvalue weighted by atomic mass is 32.2. The number of benzene rings is 2. The molecular weight excluding hydrogens is 388 g/mol. The van der Waals surface area contributed by atoms with Gasteiger partial charge in [-0.2, -0.15) is 0 Å². The molecule has 0 amide bonds. The molecule has 1 heterocycles.